The minimum absolute atomic E-state index is 0.0825. The van der Waals surface area contributed by atoms with Crippen molar-refractivity contribution in [3.05, 3.63) is 5.01 Å². The molecule has 1 rings (SSSR count). The van der Waals surface area contributed by atoms with Gasteiger partial charge in [-0.15, -0.1) is 10.2 Å². The molecule has 7 heteroatoms. The third-order valence-electron chi connectivity index (χ3n) is 1.88. The lowest BCUT2D eigenvalue weighted by molar-refractivity contribution is -0.144. The second kappa shape index (κ2) is 6.95. The Bertz CT molecular complexity index is 392. The van der Waals surface area contributed by atoms with Crippen molar-refractivity contribution in [2.45, 2.75) is 33.1 Å². The zero-order valence-corrected chi connectivity index (χ0v) is 10.7. The highest BCUT2D eigenvalue weighted by Crippen LogP contribution is 2.15. The van der Waals surface area contributed by atoms with Gasteiger partial charge in [0.1, 0.15) is 5.01 Å². The molecule has 17 heavy (non-hydrogen) atoms. The number of ether oxygens (including phenoxy) is 1. The lowest BCUT2D eigenvalue weighted by Crippen LogP contribution is -2.14. The van der Waals surface area contributed by atoms with E-state index in [0.29, 0.717) is 11.7 Å². The average molecular weight is 257 g/mol. The van der Waals surface area contributed by atoms with Crippen LogP contribution in [0.2, 0.25) is 0 Å². The minimum atomic E-state index is -0.367. The van der Waals surface area contributed by atoms with Crippen LogP contribution in [0, 0.1) is 0 Å². The van der Waals surface area contributed by atoms with E-state index < -0.39 is 0 Å². The number of amides is 1. The van der Waals surface area contributed by atoms with Crippen molar-refractivity contribution in [2.75, 3.05) is 11.9 Å². The van der Waals surface area contributed by atoms with Crippen molar-refractivity contribution in [3.8, 4) is 0 Å². The number of anilines is 1. The summed E-state index contributed by atoms with van der Waals surface area (Å²) in [4.78, 5) is 22.5. The van der Waals surface area contributed by atoms with Gasteiger partial charge in [0, 0.05) is 6.42 Å². The van der Waals surface area contributed by atoms with Crippen LogP contribution in [0.1, 0.15) is 31.7 Å². The molecule has 1 aromatic heterocycles. The van der Waals surface area contributed by atoms with Crippen LogP contribution in [0.5, 0.6) is 0 Å². The first kappa shape index (κ1) is 13.6. The molecule has 0 spiro atoms. The van der Waals surface area contributed by atoms with Gasteiger partial charge in [-0.1, -0.05) is 18.3 Å². The van der Waals surface area contributed by atoms with E-state index in [4.69, 9.17) is 4.74 Å². The Balaban J connectivity index is 2.32. The molecule has 0 fully saturated rings. The van der Waals surface area contributed by atoms with Gasteiger partial charge in [0.05, 0.1) is 13.0 Å². The molecular weight excluding hydrogens is 242 g/mol. The van der Waals surface area contributed by atoms with Crippen LogP contribution in [0.4, 0.5) is 5.13 Å². The van der Waals surface area contributed by atoms with E-state index in [1.807, 2.05) is 6.92 Å². The summed E-state index contributed by atoms with van der Waals surface area (Å²) in [6.45, 7) is 4.02. The topological polar surface area (TPSA) is 81.2 Å². The largest absolute Gasteiger partial charge is 0.466 e. The molecule has 6 nitrogen and oxygen atoms in total. The van der Waals surface area contributed by atoms with Crippen molar-refractivity contribution in [1.29, 1.82) is 0 Å². The smallest absolute Gasteiger partial charge is 0.306 e. The maximum absolute atomic E-state index is 11.4. The van der Waals surface area contributed by atoms with Gasteiger partial charge in [-0.3, -0.25) is 9.59 Å². The van der Waals surface area contributed by atoms with Crippen molar-refractivity contribution >= 4 is 28.3 Å². The van der Waals surface area contributed by atoms with Crippen LogP contribution in [0.25, 0.3) is 0 Å². The van der Waals surface area contributed by atoms with Crippen LogP contribution in [0.15, 0.2) is 0 Å². The molecule has 94 valence electrons. The quantitative estimate of drug-likeness (QED) is 0.779. The molecule has 0 aliphatic rings. The first-order valence-corrected chi connectivity index (χ1v) is 6.25. The van der Waals surface area contributed by atoms with Gasteiger partial charge in [-0.25, -0.2) is 0 Å². The molecule has 1 aromatic rings. The molecule has 1 heterocycles. The van der Waals surface area contributed by atoms with Crippen LogP contribution >= 0.6 is 11.3 Å². The summed E-state index contributed by atoms with van der Waals surface area (Å²) >= 11 is 1.34. The molecular formula is C10H15N3O3S. The molecule has 0 aliphatic carbocycles. The Labute approximate surface area is 103 Å². The van der Waals surface area contributed by atoms with Gasteiger partial charge in [0.2, 0.25) is 11.0 Å². The molecule has 1 N–H and O–H groups in total. The second-order valence-electron chi connectivity index (χ2n) is 3.21. The maximum atomic E-state index is 11.4. The van der Waals surface area contributed by atoms with Crippen LogP contribution in [-0.4, -0.2) is 28.7 Å². The summed E-state index contributed by atoms with van der Waals surface area (Å²) in [5.74, 6) is -0.619. The Morgan fingerprint density at radius 1 is 1.29 bits per heavy atom. The van der Waals surface area contributed by atoms with E-state index >= 15 is 0 Å². The Morgan fingerprint density at radius 2 is 2.06 bits per heavy atom. The summed E-state index contributed by atoms with van der Waals surface area (Å²) < 4.78 is 4.72. The van der Waals surface area contributed by atoms with E-state index in [-0.39, 0.29) is 24.7 Å². The summed E-state index contributed by atoms with van der Waals surface area (Å²) in [7, 11) is 0. The molecule has 1 amide bonds. The first-order chi connectivity index (χ1) is 8.15. The van der Waals surface area contributed by atoms with E-state index in [0.717, 1.165) is 11.4 Å². The molecule has 0 saturated carbocycles. The Hall–Kier alpha value is -1.50. The fraction of sp³-hybridized carbons (Fsp3) is 0.600. The van der Waals surface area contributed by atoms with Gasteiger partial charge in [0.25, 0.3) is 0 Å². The first-order valence-electron chi connectivity index (χ1n) is 5.43. The average Bonchev–Trinajstić information content (AvgIpc) is 2.74. The number of carbonyl (C=O) groups excluding carboxylic acids is 2. The number of aromatic nitrogens is 2. The third-order valence-corrected chi connectivity index (χ3v) is 2.86. The fourth-order valence-electron chi connectivity index (χ4n) is 1.08. The predicted octanol–water partition coefficient (Wildman–Crippen LogP) is 1.38. The third kappa shape index (κ3) is 4.90. The summed E-state index contributed by atoms with van der Waals surface area (Å²) in [6, 6.07) is 0. The highest BCUT2D eigenvalue weighted by Gasteiger charge is 2.10. The lowest BCUT2D eigenvalue weighted by Gasteiger charge is -2.01. The number of nitrogens with one attached hydrogen (secondary N) is 1. The van der Waals surface area contributed by atoms with Crippen molar-refractivity contribution in [1.82, 2.24) is 10.2 Å². The van der Waals surface area contributed by atoms with Gasteiger partial charge in [-0.05, 0) is 13.3 Å². The predicted molar refractivity (Wildman–Crippen MR) is 63.8 cm³/mol. The molecule has 0 unspecified atom stereocenters. The van der Waals surface area contributed by atoms with E-state index in [1.165, 1.54) is 11.3 Å². The number of esters is 1. The molecule has 0 aliphatic heterocycles. The zero-order chi connectivity index (χ0) is 12.7. The second-order valence-corrected chi connectivity index (χ2v) is 4.27. The van der Waals surface area contributed by atoms with Crippen molar-refractivity contribution in [3.63, 3.8) is 0 Å². The molecule has 0 aromatic carbocycles. The van der Waals surface area contributed by atoms with Gasteiger partial charge in [0.15, 0.2) is 0 Å². The highest BCUT2D eigenvalue weighted by molar-refractivity contribution is 7.15. The Kier molecular flexibility index (Phi) is 5.55. The summed E-state index contributed by atoms with van der Waals surface area (Å²) in [5, 5.41) is 11.6. The molecule has 0 bridgehead atoms. The minimum Gasteiger partial charge on any atom is -0.466 e. The van der Waals surface area contributed by atoms with Gasteiger partial charge >= 0.3 is 5.97 Å². The zero-order valence-electron chi connectivity index (χ0n) is 9.86. The maximum Gasteiger partial charge on any atom is 0.306 e. The fourth-order valence-corrected chi connectivity index (χ4v) is 1.77. The SMILES string of the molecule is CCOC(=O)CCC(=O)Nc1nnc(CC)s1. The Morgan fingerprint density at radius 3 is 2.65 bits per heavy atom. The van der Waals surface area contributed by atoms with Crippen molar-refractivity contribution in [2.24, 2.45) is 0 Å². The molecule has 0 radical (unpaired) electrons. The number of rotatable bonds is 6. The molecule has 0 atom stereocenters. The van der Waals surface area contributed by atoms with Crippen molar-refractivity contribution < 1.29 is 14.3 Å². The molecule has 0 saturated heterocycles. The normalized spacial score (nSPS) is 10.0. The highest BCUT2D eigenvalue weighted by atomic mass is 32.1. The van der Waals surface area contributed by atoms with E-state index in [1.54, 1.807) is 6.92 Å². The van der Waals surface area contributed by atoms with E-state index in [2.05, 4.69) is 15.5 Å². The van der Waals surface area contributed by atoms with Gasteiger partial charge in [-0.2, -0.15) is 0 Å². The number of aryl methyl sites for hydroxylation is 1. The van der Waals surface area contributed by atoms with Crippen LogP contribution < -0.4 is 5.32 Å². The monoisotopic (exact) mass is 257 g/mol. The van der Waals surface area contributed by atoms with Crippen LogP contribution in [0.3, 0.4) is 0 Å². The lowest BCUT2D eigenvalue weighted by atomic mass is 10.3. The standard InChI is InChI=1S/C10H15N3O3S/c1-3-8-12-13-10(17-8)11-7(14)5-6-9(15)16-4-2/h3-6H2,1-2H3,(H,11,13,14). The number of hydrogen-bond acceptors (Lipinski definition) is 6. The van der Waals surface area contributed by atoms with Gasteiger partial charge < -0.3 is 10.1 Å². The van der Waals surface area contributed by atoms with E-state index in [9.17, 15) is 9.59 Å². The summed E-state index contributed by atoms with van der Waals surface area (Å²) in [5.41, 5.74) is 0. The number of hydrogen-bond donors (Lipinski definition) is 1. The number of carbonyl (C=O) groups is 2. The van der Waals surface area contributed by atoms with Crippen LogP contribution in [-0.2, 0) is 20.7 Å². The summed E-state index contributed by atoms with van der Waals surface area (Å²) in [6.07, 6.45) is 0.968. The number of nitrogens with zero attached hydrogens (tertiary/aromatic N) is 2.